The summed E-state index contributed by atoms with van der Waals surface area (Å²) in [5.74, 6) is 1.25. The molecule has 164 valence electrons. The van der Waals surface area contributed by atoms with Crippen LogP contribution in [0.4, 0.5) is 0 Å². The molecule has 31 heavy (non-hydrogen) atoms. The van der Waals surface area contributed by atoms with Crippen molar-refractivity contribution in [2.75, 3.05) is 19.6 Å². The van der Waals surface area contributed by atoms with Crippen molar-refractivity contribution < 1.29 is 9.90 Å². The second-order valence-electron chi connectivity index (χ2n) is 8.66. The van der Waals surface area contributed by atoms with Crippen LogP contribution in [-0.4, -0.2) is 64.5 Å². The van der Waals surface area contributed by atoms with E-state index in [0.717, 1.165) is 35.5 Å². The number of hydrogen-bond donors (Lipinski definition) is 2. The normalized spacial score (nSPS) is 21.1. The van der Waals surface area contributed by atoms with Crippen LogP contribution in [0, 0.1) is 6.92 Å². The van der Waals surface area contributed by atoms with Gasteiger partial charge in [-0.15, -0.1) is 0 Å². The summed E-state index contributed by atoms with van der Waals surface area (Å²) in [6, 6.07) is 13.7. The number of rotatable bonds is 6. The van der Waals surface area contributed by atoms with Crippen LogP contribution in [0.2, 0.25) is 0 Å². The highest BCUT2D eigenvalue weighted by atomic mass is 79.9. The number of carbonyl (C=O) groups is 1. The molecule has 2 aromatic rings. The minimum Gasteiger partial charge on any atom is -0.508 e. The minimum absolute atomic E-state index is 0.0338. The minimum atomic E-state index is -0.0685. The third-order valence-corrected chi connectivity index (χ3v) is 6.94. The van der Waals surface area contributed by atoms with Gasteiger partial charge >= 0.3 is 0 Å². The summed E-state index contributed by atoms with van der Waals surface area (Å²) in [6.45, 7) is 8.69. The maximum Gasteiger partial charge on any atom is 0.251 e. The Kier molecular flexibility index (Phi) is 6.23. The summed E-state index contributed by atoms with van der Waals surface area (Å²) < 4.78 is 0.936. The number of amides is 1. The van der Waals surface area contributed by atoms with E-state index in [2.05, 4.69) is 38.0 Å². The number of phenols is 1. The summed E-state index contributed by atoms with van der Waals surface area (Å²) in [5.41, 5.74) is 2.94. The van der Waals surface area contributed by atoms with Gasteiger partial charge in [-0.2, -0.15) is 0 Å². The van der Waals surface area contributed by atoms with E-state index in [1.54, 1.807) is 12.1 Å². The molecule has 0 unspecified atom stereocenters. The zero-order valence-electron chi connectivity index (χ0n) is 18.2. The molecule has 7 heteroatoms. The average molecular weight is 485 g/mol. The summed E-state index contributed by atoms with van der Waals surface area (Å²) in [4.78, 5) is 22.3. The highest BCUT2D eigenvalue weighted by Gasteiger charge is 2.40. The fraction of sp³-hybridized carbons (Fsp3) is 0.417. The lowest BCUT2D eigenvalue weighted by molar-refractivity contribution is 0.0933. The van der Waals surface area contributed by atoms with Gasteiger partial charge in [-0.25, -0.2) is 0 Å². The SMILES string of the molecule is Cc1ccc(C(=O)N[C@@H](C)CN2C3=NC[C@H](C)N3C[C@H]2Cc2ccc(O)cc2)cc1Br. The fourth-order valence-corrected chi connectivity index (χ4v) is 4.68. The maximum atomic E-state index is 12.8. The molecule has 3 atom stereocenters. The lowest BCUT2D eigenvalue weighted by Crippen LogP contribution is -2.46. The summed E-state index contributed by atoms with van der Waals surface area (Å²) in [7, 11) is 0. The van der Waals surface area contributed by atoms with Gasteiger partial charge in [0.25, 0.3) is 5.91 Å². The largest absolute Gasteiger partial charge is 0.508 e. The standard InChI is InChI=1S/C24H29BrN4O2/c1-15-4-7-19(11-22(15)25)23(31)27-16(2)13-29-20(10-18-5-8-21(30)9-6-18)14-28-17(3)12-26-24(28)29/h4-9,11,16-17,20,30H,10,12-14H2,1-3H3,(H,27,31)/t16-,17-,20+/m0/s1. The number of aryl methyl sites for hydroxylation is 1. The van der Waals surface area contributed by atoms with Crippen molar-refractivity contribution in [2.45, 2.75) is 45.3 Å². The first-order valence-corrected chi connectivity index (χ1v) is 11.5. The van der Waals surface area contributed by atoms with Crippen LogP contribution in [0.15, 0.2) is 51.9 Å². The van der Waals surface area contributed by atoms with Crippen molar-refractivity contribution in [3.63, 3.8) is 0 Å². The van der Waals surface area contributed by atoms with Gasteiger partial charge in [0, 0.05) is 35.2 Å². The predicted octanol–water partition coefficient (Wildman–Crippen LogP) is 3.57. The highest BCUT2D eigenvalue weighted by Crippen LogP contribution is 2.26. The molecule has 2 aliphatic heterocycles. The zero-order valence-corrected chi connectivity index (χ0v) is 19.8. The molecule has 0 aromatic heterocycles. The Morgan fingerprint density at radius 3 is 2.74 bits per heavy atom. The van der Waals surface area contributed by atoms with Crippen LogP contribution in [0.5, 0.6) is 5.75 Å². The van der Waals surface area contributed by atoms with E-state index in [1.807, 2.05) is 44.2 Å². The predicted molar refractivity (Wildman–Crippen MR) is 127 cm³/mol. The van der Waals surface area contributed by atoms with Crippen LogP contribution in [-0.2, 0) is 6.42 Å². The number of halogens is 1. The number of fused-ring (bicyclic) bond motifs is 1. The number of aromatic hydroxyl groups is 1. The van der Waals surface area contributed by atoms with Crippen LogP contribution < -0.4 is 5.32 Å². The molecular formula is C24H29BrN4O2. The molecule has 2 aromatic carbocycles. The Hall–Kier alpha value is -2.54. The van der Waals surface area contributed by atoms with E-state index < -0.39 is 0 Å². The van der Waals surface area contributed by atoms with Gasteiger partial charge in [0.15, 0.2) is 5.96 Å². The summed E-state index contributed by atoms with van der Waals surface area (Å²) in [5, 5.41) is 12.7. The molecule has 0 radical (unpaired) electrons. The maximum absolute atomic E-state index is 12.8. The lowest BCUT2D eigenvalue weighted by Gasteiger charge is -2.28. The molecule has 2 N–H and O–H groups in total. The number of nitrogens with one attached hydrogen (secondary N) is 1. The van der Waals surface area contributed by atoms with Crippen molar-refractivity contribution in [3.8, 4) is 5.75 Å². The smallest absolute Gasteiger partial charge is 0.251 e. The summed E-state index contributed by atoms with van der Waals surface area (Å²) in [6.07, 6.45) is 0.869. The first-order valence-electron chi connectivity index (χ1n) is 10.7. The van der Waals surface area contributed by atoms with E-state index in [4.69, 9.17) is 4.99 Å². The van der Waals surface area contributed by atoms with Crippen molar-refractivity contribution in [2.24, 2.45) is 4.99 Å². The zero-order chi connectivity index (χ0) is 22.1. The third-order valence-electron chi connectivity index (χ3n) is 6.08. The van der Waals surface area contributed by atoms with Crippen LogP contribution in [0.25, 0.3) is 0 Å². The molecule has 0 bridgehead atoms. The Balaban J connectivity index is 1.46. The number of hydrogen-bond acceptors (Lipinski definition) is 5. The average Bonchev–Trinajstić information content (AvgIpc) is 3.25. The van der Waals surface area contributed by atoms with Crippen molar-refractivity contribution in [1.29, 1.82) is 0 Å². The Morgan fingerprint density at radius 2 is 2.03 bits per heavy atom. The molecule has 0 saturated carbocycles. The molecule has 1 saturated heterocycles. The first kappa shape index (κ1) is 21.7. The van der Waals surface area contributed by atoms with Crippen molar-refractivity contribution in [3.05, 3.63) is 63.6 Å². The highest BCUT2D eigenvalue weighted by molar-refractivity contribution is 9.10. The number of carbonyl (C=O) groups excluding carboxylic acids is 1. The van der Waals surface area contributed by atoms with E-state index in [1.165, 1.54) is 5.56 Å². The molecule has 1 amide bonds. The molecule has 2 heterocycles. The van der Waals surface area contributed by atoms with Crippen LogP contribution in [0.3, 0.4) is 0 Å². The Morgan fingerprint density at radius 1 is 1.29 bits per heavy atom. The van der Waals surface area contributed by atoms with Gasteiger partial charge in [0.1, 0.15) is 5.75 Å². The number of benzene rings is 2. The molecule has 0 aliphatic carbocycles. The van der Waals surface area contributed by atoms with Crippen molar-refractivity contribution in [1.82, 2.24) is 15.1 Å². The second-order valence-corrected chi connectivity index (χ2v) is 9.51. The van der Waals surface area contributed by atoms with Gasteiger partial charge in [-0.3, -0.25) is 9.79 Å². The number of guanidine groups is 1. The molecule has 0 spiro atoms. The molecule has 4 rings (SSSR count). The molecule has 1 fully saturated rings. The van der Waals surface area contributed by atoms with Gasteiger partial charge in [0.2, 0.25) is 0 Å². The number of phenolic OH excluding ortho intramolecular Hbond substituents is 1. The monoisotopic (exact) mass is 484 g/mol. The fourth-order valence-electron chi connectivity index (χ4n) is 4.30. The number of aliphatic imine (C=N–C) groups is 1. The second kappa shape index (κ2) is 8.91. The third kappa shape index (κ3) is 4.71. The Bertz CT molecular complexity index is 992. The Labute approximate surface area is 192 Å². The van der Waals surface area contributed by atoms with Crippen LogP contribution >= 0.6 is 15.9 Å². The first-order chi connectivity index (χ1) is 14.8. The van der Waals surface area contributed by atoms with E-state index in [-0.39, 0.29) is 23.7 Å². The molecule has 2 aliphatic rings. The topological polar surface area (TPSA) is 68.2 Å². The van der Waals surface area contributed by atoms with Gasteiger partial charge in [0.05, 0.1) is 12.6 Å². The van der Waals surface area contributed by atoms with Crippen molar-refractivity contribution >= 4 is 27.8 Å². The molecular weight excluding hydrogens is 456 g/mol. The van der Waals surface area contributed by atoms with E-state index >= 15 is 0 Å². The quantitative estimate of drug-likeness (QED) is 0.657. The van der Waals surface area contributed by atoms with Gasteiger partial charge < -0.3 is 20.2 Å². The van der Waals surface area contributed by atoms with E-state index in [9.17, 15) is 9.90 Å². The summed E-state index contributed by atoms with van der Waals surface area (Å²) >= 11 is 3.51. The van der Waals surface area contributed by atoms with Gasteiger partial charge in [-0.1, -0.05) is 34.1 Å². The van der Waals surface area contributed by atoms with E-state index in [0.29, 0.717) is 18.2 Å². The van der Waals surface area contributed by atoms with Crippen LogP contribution in [0.1, 0.15) is 35.3 Å². The lowest BCUT2D eigenvalue weighted by atomic mass is 10.0. The molecule has 6 nitrogen and oxygen atoms in total. The number of nitrogens with zero attached hydrogens (tertiary/aromatic N) is 3. The van der Waals surface area contributed by atoms with Gasteiger partial charge in [-0.05, 0) is 62.6 Å².